The van der Waals surface area contributed by atoms with Crippen molar-refractivity contribution in [1.82, 2.24) is 25.1 Å². The van der Waals surface area contributed by atoms with Gasteiger partial charge < -0.3 is 26.6 Å². The van der Waals surface area contributed by atoms with Gasteiger partial charge in [-0.3, -0.25) is 14.4 Å². The van der Waals surface area contributed by atoms with Gasteiger partial charge in [-0.15, -0.1) is 5.10 Å². The zero-order valence-electron chi connectivity index (χ0n) is 19.6. The summed E-state index contributed by atoms with van der Waals surface area (Å²) in [6, 6.07) is 7.75. The second kappa shape index (κ2) is 12.5. The van der Waals surface area contributed by atoms with Gasteiger partial charge >= 0.3 is 0 Å². The maximum atomic E-state index is 13.4. The third kappa shape index (κ3) is 6.37. The third-order valence-electron chi connectivity index (χ3n) is 6.00. The molecule has 0 saturated carbocycles. The number of benzene rings is 1. The van der Waals surface area contributed by atoms with Crippen molar-refractivity contribution in [2.75, 3.05) is 25.5 Å². The Morgan fingerprint density at radius 2 is 2.00 bits per heavy atom. The normalized spacial score (nSPS) is 17.3. The Hall–Kier alpha value is -2.89. The fraction of sp³-hybridized carbons (Fsp3) is 0.522. The molecule has 0 aliphatic carbocycles. The number of carbonyl (C=O) groups excluding carboxylic acids is 3. The van der Waals surface area contributed by atoms with Crippen molar-refractivity contribution >= 4 is 34.3 Å². The first-order chi connectivity index (χ1) is 16.5. The van der Waals surface area contributed by atoms with E-state index in [1.165, 1.54) is 0 Å². The lowest BCUT2D eigenvalue weighted by atomic mass is 10.1. The molecule has 3 rings (SSSR count). The van der Waals surface area contributed by atoms with Crippen LogP contribution in [0.25, 0.3) is 11.3 Å². The Balaban J connectivity index is 1.72. The first kappa shape index (κ1) is 25.7. The SMILES string of the molecule is CN[C@@H](C)C(=O)NC(CCCCN)C(=O)N1CCC[C@H]1C(=O)Nc1snnc1-c1ccccc1. The van der Waals surface area contributed by atoms with E-state index in [-0.39, 0.29) is 17.7 Å². The molecule has 1 saturated heterocycles. The molecule has 0 bridgehead atoms. The largest absolute Gasteiger partial charge is 0.343 e. The Bertz CT molecular complexity index is 968. The highest BCUT2D eigenvalue weighted by molar-refractivity contribution is 7.10. The van der Waals surface area contributed by atoms with Gasteiger partial charge in [0.05, 0.1) is 6.04 Å². The molecule has 2 aromatic rings. The number of nitrogens with one attached hydrogen (secondary N) is 3. The van der Waals surface area contributed by atoms with Gasteiger partial charge in [0.15, 0.2) is 0 Å². The van der Waals surface area contributed by atoms with E-state index in [0.29, 0.717) is 49.5 Å². The number of likely N-dealkylation sites (tertiary alicyclic amines) is 1. The van der Waals surface area contributed by atoms with Crippen LogP contribution in [0, 0.1) is 0 Å². The monoisotopic (exact) mass is 487 g/mol. The van der Waals surface area contributed by atoms with Crippen molar-refractivity contribution in [2.45, 2.75) is 57.2 Å². The van der Waals surface area contributed by atoms with E-state index in [0.717, 1.165) is 23.5 Å². The van der Waals surface area contributed by atoms with Crippen molar-refractivity contribution in [3.8, 4) is 11.3 Å². The summed E-state index contributed by atoms with van der Waals surface area (Å²) >= 11 is 1.10. The zero-order chi connectivity index (χ0) is 24.5. The first-order valence-electron chi connectivity index (χ1n) is 11.6. The maximum Gasteiger partial charge on any atom is 0.247 e. The summed E-state index contributed by atoms with van der Waals surface area (Å²) in [4.78, 5) is 40.7. The molecule has 0 radical (unpaired) electrons. The quantitative estimate of drug-likeness (QED) is 0.351. The van der Waals surface area contributed by atoms with Crippen LogP contribution >= 0.6 is 11.5 Å². The van der Waals surface area contributed by atoms with E-state index in [9.17, 15) is 14.4 Å². The molecular formula is C23H33N7O3S. The predicted octanol–water partition coefficient (Wildman–Crippen LogP) is 1.36. The molecule has 10 nitrogen and oxygen atoms in total. The Kier molecular flexibility index (Phi) is 9.49. The van der Waals surface area contributed by atoms with Crippen molar-refractivity contribution in [1.29, 1.82) is 0 Å². The highest BCUT2D eigenvalue weighted by atomic mass is 32.1. The summed E-state index contributed by atoms with van der Waals surface area (Å²) in [5, 5.41) is 13.4. The molecule has 3 amide bonds. The van der Waals surface area contributed by atoms with Gasteiger partial charge in [-0.25, -0.2) is 0 Å². The van der Waals surface area contributed by atoms with Crippen molar-refractivity contribution in [2.24, 2.45) is 5.73 Å². The number of unbranched alkanes of at least 4 members (excludes halogenated alkanes) is 1. The van der Waals surface area contributed by atoms with Crippen LogP contribution < -0.4 is 21.7 Å². The van der Waals surface area contributed by atoms with E-state index in [2.05, 4.69) is 25.5 Å². The third-order valence-corrected chi connectivity index (χ3v) is 6.64. The second-order valence-corrected chi connectivity index (χ2v) is 9.11. The fourth-order valence-corrected chi connectivity index (χ4v) is 4.53. The molecule has 0 spiro atoms. The number of nitrogens with two attached hydrogens (primary N) is 1. The number of hydrogen-bond donors (Lipinski definition) is 4. The summed E-state index contributed by atoms with van der Waals surface area (Å²) in [5.74, 6) is -0.765. The van der Waals surface area contributed by atoms with Crippen LogP contribution in [0.4, 0.5) is 5.00 Å². The maximum absolute atomic E-state index is 13.4. The highest BCUT2D eigenvalue weighted by Crippen LogP contribution is 2.30. The van der Waals surface area contributed by atoms with Crippen LogP contribution in [-0.2, 0) is 14.4 Å². The van der Waals surface area contributed by atoms with Crippen LogP contribution in [0.2, 0.25) is 0 Å². The van der Waals surface area contributed by atoms with Gasteiger partial charge in [-0.05, 0) is 52.6 Å². The van der Waals surface area contributed by atoms with Gasteiger partial charge in [0.2, 0.25) is 17.7 Å². The van der Waals surface area contributed by atoms with Crippen LogP contribution in [0.15, 0.2) is 30.3 Å². The first-order valence-corrected chi connectivity index (χ1v) is 12.4. The predicted molar refractivity (Wildman–Crippen MR) is 132 cm³/mol. The van der Waals surface area contributed by atoms with Gasteiger partial charge in [0.25, 0.3) is 0 Å². The number of anilines is 1. The molecule has 2 heterocycles. The molecular weight excluding hydrogens is 454 g/mol. The molecule has 3 atom stereocenters. The average molecular weight is 488 g/mol. The van der Waals surface area contributed by atoms with Crippen molar-refractivity contribution in [3.63, 3.8) is 0 Å². The van der Waals surface area contributed by atoms with Gasteiger partial charge in [-0.2, -0.15) is 0 Å². The minimum atomic E-state index is -0.701. The molecule has 34 heavy (non-hydrogen) atoms. The molecule has 1 aromatic heterocycles. The molecule has 1 fully saturated rings. The summed E-state index contributed by atoms with van der Waals surface area (Å²) in [5.41, 5.74) is 7.06. The lowest BCUT2D eigenvalue weighted by Gasteiger charge is -2.29. The van der Waals surface area contributed by atoms with E-state index in [4.69, 9.17) is 5.73 Å². The second-order valence-electron chi connectivity index (χ2n) is 8.35. The van der Waals surface area contributed by atoms with E-state index >= 15 is 0 Å². The van der Waals surface area contributed by atoms with E-state index in [1.54, 1.807) is 18.9 Å². The molecule has 184 valence electrons. The Labute approximate surface area is 203 Å². The van der Waals surface area contributed by atoms with Gasteiger partial charge in [-0.1, -0.05) is 34.8 Å². The van der Waals surface area contributed by atoms with Crippen LogP contribution in [0.5, 0.6) is 0 Å². The van der Waals surface area contributed by atoms with Crippen LogP contribution in [0.1, 0.15) is 39.0 Å². The van der Waals surface area contributed by atoms with Gasteiger partial charge in [0.1, 0.15) is 22.8 Å². The smallest absolute Gasteiger partial charge is 0.247 e. The van der Waals surface area contributed by atoms with E-state index < -0.39 is 18.1 Å². The summed E-state index contributed by atoms with van der Waals surface area (Å²) in [7, 11) is 1.69. The van der Waals surface area contributed by atoms with Crippen LogP contribution in [0.3, 0.4) is 0 Å². The van der Waals surface area contributed by atoms with E-state index in [1.807, 2.05) is 30.3 Å². The fourth-order valence-electron chi connectivity index (χ4n) is 3.93. The number of hydrogen-bond acceptors (Lipinski definition) is 8. The molecule has 11 heteroatoms. The number of carbonyl (C=O) groups is 3. The molecule has 5 N–H and O–H groups in total. The number of likely N-dealkylation sites (N-methyl/N-ethyl adjacent to an activating group) is 1. The lowest BCUT2D eigenvalue weighted by Crippen LogP contribution is -2.54. The number of rotatable bonds is 11. The topological polar surface area (TPSA) is 142 Å². The van der Waals surface area contributed by atoms with Crippen molar-refractivity contribution < 1.29 is 14.4 Å². The number of amides is 3. The molecule has 1 aromatic carbocycles. The number of nitrogens with zero attached hydrogens (tertiary/aromatic N) is 3. The minimum absolute atomic E-state index is 0.239. The minimum Gasteiger partial charge on any atom is -0.343 e. The summed E-state index contributed by atoms with van der Waals surface area (Å²) in [6.45, 7) is 2.72. The molecule has 1 unspecified atom stereocenters. The van der Waals surface area contributed by atoms with Crippen LogP contribution in [-0.4, -0.2) is 70.5 Å². The Morgan fingerprint density at radius 1 is 1.24 bits per heavy atom. The molecule has 1 aliphatic heterocycles. The highest BCUT2D eigenvalue weighted by Gasteiger charge is 2.38. The van der Waals surface area contributed by atoms with Gasteiger partial charge in [0, 0.05) is 23.6 Å². The number of aromatic nitrogens is 2. The zero-order valence-corrected chi connectivity index (χ0v) is 20.4. The van der Waals surface area contributed by atoms with Crippen molar-refractivity contribution in [3.05, 3.63) is 30.3 Å². The Morgan fingerprint density at radius 3 is 2.71 bits per heavy atom. The standard InChI is InChI=1S/C23H33N7O3S/c1-15(25-2)20(31)26-17(11-6-7-13-24)23(33)30-14-8-12-18(30)21(32)27-22-19(28-29-34-22)16-9-4-3-5-10-16/h3-5,9-10,15,17-18,25H,6-8,11-14,24H2,1-2H3,(H,26,31)(H,27,32)/t15-,17?,18-/m0/s1. The summed E-state index contributed by atoms with van der Waals surface area (Å²) in [6.07, 6.45) is 3.21. The molecule has 1 aliphatic rings. The average Bonchev–Trinajstić information content (AvgIpc) is 3.53. The summed E-state index contributed by atoms with van der Waals surface area (Å²) < 4.78 is 3.99. The lowest BCUT2D eigenvalue weighted by molar-refractivity contribution is -0.140.